The minimum absolute atomic E-state index is 0.0274. The maximum atomic E-state index is 14.2. The summed E-state index contributed by atoms with van der Waals surface area (Å²) >= 11 is 0. The molecule has 14 nitrogen and oxygen atoms in total. The van der Waals surface area contributed by atoms with Gasteiger partial charge >= 0.3 is 0 Å². The Morgan fingerprint density at radius 1 is 0.807 bits per heavy atom. The summed E-state index contributed by atoms with van der Waals surface area (Å²) in [6, 6.07) is 15.1. The molecule has 1 spiro atoms. The van der Waals surface area contributed by atoms with E-state index in [2.05, 4.69) is 26.6 Å². The molecule has 0 saturated carbocycles. The van der Waals surface area contributed by atoms with Gasteiger partial charge in [-0.1, -0.05) is 74.5 Å². The van der Waals surface area contributed by atoms with Crippen LogP contribution in [0.15, 0.2) is 60.7 Å². The highest BCUT2D eigenvalue weighted by atomic mass is 16.7. The number of piperidine rings is 1. The third-order valence-electron chi connectivity index (χ3n) is 10.9. The molecule has 2 fully saturated rings. The van der Waals surface area contributed by atoms with E-state index in [9.17, 15) is 24.0 Å². The summed E-state index contributed by atoms with van der Waals surface area (Å²) in [6.07, 6.45) is 4.28. The van der Waals surface area contributed by atoms with Gasteiger partial charge in [0.05, 0.1) is 12.6 Å². The van der Waals surface area contributed by atoms with Crippen LogP contribution in [0.4, 0.5) is 0 Å². The Balaban J connectivity index is 1.44. The number of nitrogens with one attached hydrogen (secondary N) is 5. The Labute approximate surface area is 338 Å². The van der Waals surface area contributed by atoms with Crippen molar-refractivity contribution in [3.05, 3.63) is 71.8 Å². The first-order chi connectivity index (χ1) is 27.4. The molecule has 14 heteroatoms. The SMILES string of the molecule is COC(C)OCCNCCCCC(NC(=O)C(CC(C)C)NC(=O)C(Cc1ccccc1)NC(=O)C(N)Cc1ccccc1)C(=O)N1CCC2(CC1)CNC(=O)C2. The first-order valence-electron chi connectivity index (χ1n) is 20.5. The van der Waals surface area contributed by atoms with Gasteiger partial charge in [-0.2, -0.15) is 0 Å². The fourth-order valence-corrected chi connectivity index (χ4v) is 7.42. The zero-order valence-corrected chi connectivity index (χ0v) is 34.2. The third kappa shape index (κ3) is 15.1. The number of hydrogen-bond acceptors (Lipinski definition) is 9. The lowest BCUT2D eigenvalue weighted by Gasteiger charge is -2.39. The highest BCUT2D eigenvalue weighted by Crippen LogP contribution is 2.37. The molecule has 5 unspecified atom stereocenters. The fraction of sp³-hybridized carbons (Fsp3) is 0.605. The number of likely N-dealkylation sites (tertiary alicyclic amines) is 1. The Hall–Kier alpha value is -4.37. The van der Waals surface area contributed by atoms with E-state index in [0.29, 0.717) is 84.3 Å². The monoisotopic (exact) mass is 791 g/mol. The van der Waals surface area contributed by atoms with Crippen LogP contribution in [0.3, 0.4) is 0 Å². The van der Waals surface area contributed by atoms with Crippen LogP contribution in [0.5, 0.6) is 0 Å². The fourth-order valence-electron chi connectivity index (χ4n) is 7.42. The summed E-state index contributed by atoms with van der Waals surface area (Å²) < 4.78 is 10.6. The van der Waals surface area contributed by atoms with E-state index in [4.69, 9.17) is 15.2 Å². The van der Waals surface area contributed by atoms with Crippen molar-refractivity contribution in [1.82, 2.24) is 31.5 Å². The zero-order chi connectivity index (χ0) is 41.2. The minimum atomic E-state index is -1.00. The molecular formula is C43H65N7O7. The Morgan fingerprint density at radius 3 is 2.00 bits per heavy atom. The van der Waals surface area contributed by atoms with Gasteiger partial charge in [0.1, 0.15) is 18.1 Å². The van der Waals surface area contributed by atoms with Gasteiger partial charge in [-0.3, -0.25) is 24.0 Å². The Morgan fingerprint density at radius 2 is 1.40 bits per heavy atom. The van der Waals surface area contributed by atoms with Crippen LogP contribution in [0.25, 0.3) is 0 Å². The second-order valence-electron chi connectivity index (χ2n) is 16.0. The van der Waals surface area contributed by atoms with Crippen molar-refractivity contribution in [2.45, 2.75) is 109 Å². The molecule has 2 aromatic rings. The lowest BCUT2D eigenvalue weighted by molar-refractivity contribution is -0.139. The smallest absolute Gasteiger partial charge is 0.245 e. The predicted octanol–water partition coefficient (Wildman–Crippen LogP) is 2.20. The number of nitrogens with two attached hydrogens (primary N) is 1. The number of carbonyl (C=O) groups is 5. The van der Waals surface area contributed by atoms with Gasteiger partial charge in [0, 0.05) is 46.1 Å². The molecule has 2 aromatic carbocycles. The molecule has 0 aliphatic carbocycles. The molecule has 2 saturated heterocycles. The van der Waals surface area contributed by atoms with Gasteiger partial charge in [0.2, 0.25) is 29.5 Å². The average molecular weight is 792 g/mol. The van der Waals surface area contributed by atoms with Gasteiger partial charge in [-0.25, -0.2) is 0 Å². The lowest BCUT2D eigenvalue weighted by Crippen LogP contribution is -2.59. The van der Waals surface area contributed by atoms with Gasteiger partial charge in [-0.15, -0.1) is 0 Å². The second kappa shape index (κ2) is 23.1. The summed E-state index contributed by atoms with van der Waals surface area (Å²) in [7, 11) is 1.59. The van der Waals surface area contributed by atoms with E-state index in [0.717, 1.165) is 17.5 Å². The number of amides is 5. The Kier molecular flexibility index (Phi) is 18.4. The molecule has 0 bridgehead atoms. The van der Waals surface area contributed by atoms with Crippen molar-refractivity contribution in [3.8, 4) is 0 Å². The van der Waals surface area contributed by atoms with Crippen LogP contribution in [-0.2, 0) is 46.3 Å². The van der Waals surface area contributed by atoms with Crippen LogP contribution in [-0.4, -0.2) is 111 Å². The normalized spacial score (nSPS) is 17.6. The van der Waals surface area contributed by atoms with E-state index in [1.165, 1.54) is 0 Å². The van der Waals surface area contributed by atoms with Gasteiger partial charge in [0.25, 0.3) is 0 Å². The van der Waals surface area contributed by atoms with Crippen molar-refractivity contribution in [3.63, 3.8) is 0 Å². The number of rotatable bonds is 23. The molecule has 0 aromatic heterocycles. The molecule has 5 amide bonds. The number of benzene rings is 2. The third-order valence-corrected chi connectivity index (χ3v) is 10.9. The maximum absolute atomic E-state index is 14.2. The lowest BCUT2D eigenvalue weighted by atomic mass is 9.77. The summed E-state index contributed by atoms with van der Waals surface area (Å²) in [5.74, 6) is -1.53. The quantitative estimate of drug-likeness (QED) is 0.0724. The van der Waals surface area contributed by atoms with Crippen LogP contribution in [0, 0.1) is 11.3 Å². The molecule has 2 aliphatic rings. The summed E-state index contributed by atoms with van der Waals surface area (Å²) in [5.41, 5.74) is 7.91. The van der Waals surface area contributed by atoms with Gasteiger partial charge < -0.3 is 46.7 Å². The topological polar surface area (TPSA) is 193 Å². The molecule has 2 aliphatic heterocycles. The second-order valence-corrected chi connectivity index (χ2v) is 16.0. The van der Waals surface area contributed by atoms with E-state index in [1.807, 2.05) is 81.4 Å². The number of nitrogens with zero attached hydrogens (tertiary/aromatic N) is 1. The van der Waals surface area contributed by atoms with Crippen molar-refractivity contribution in [2.24, 2.45) is 17.1 Å². The average Bonchev–Trinajstić information content (AvgIpc) is 3.56. The number of methoxy groups -OCH3 is 1. The largest absolute Gasteiger partial charge is 0.356 e. The van der Waals surface area contributed by atoms with Gasteiger partial charge in [-0.05, 0) is 80.9 Å². The highest BCUT2D eigenvalue weighted by molar-refractivity contribution is 5.95. The van der Waals surface area contributed by atoms with Gasteiger partial charge in [0.15, 0.2) is 6.29 Å². The molecule has 0 radical (unpaired) electrons. The maximum Gasteiger partial charge on any atom is 0.245 e. The van der Waals surface area contributed by atoms with Crippen molar-refractivity contribution >= 4 is 29.5 Å². The van der Waals surface area contributed by atoms with Crippen LogP contribution in [0.2, 0.25) is 0 Å². The number of ether oxygens (including phenoxy) is 2. The van der Waals surface area contributed by atoms with E-state index < -0.39 is 41.9 Å². The first-order valence-corrected chi connectivity index (χ1v) is 20.5. The van der Waals surface area contributed by atoms with E-state index >= 15 is 0 Å². The van der Waals surface area contributed by atoms with E-state index in [1.54, 1.807) is 12.0 Å². The van der Waals surface area contributed by atoms with Crippen molar-refractivity contribution < 1.29 is 33.4 Å². The zero-order valence-electron chi connectivity index (χ0n) is 34.2. The van der Waals surface area contributed by atoms with Crippen LogP contribution < -0.4 is 32.3 Å². The molecule has 4 rings (SSSR count). The van der Waals surface area contributed by atoms with Crippen LogP contribution in [0.1, 0.15) is 76.8 Å². The molecule has 5 atom stereocenters. The van der Waals surface area contributed by atoms with E-state index in [-0.39, 0.29) is 35.9 Å². The molecule has 314 valence electrons. The molecule has 7 N–H and O–H groups in total. The molecular weight excluding hydrogens is 727 g/mol. The molecule has 2 heterocycles. The van der Waals surface area contributed by atoms with Crippen molar-refractivity contribution in [2.75, 3.05) is 46.4 Å². The summed E-state index contributed by atoms with van der Waals surface area (Å²) in [5, 5.41) is 15.1. The minimum Gasteiger partial charge on any atom is -0.356 e. The number of unbranched alkanes of at least 4 members (excludes halogenated alkanes) is 1. The Bertz CT molecular complexity index is 1570. The van der Waals surface area contributed by atoms with Crippen molar-refractivity contribution in [1.29, 1.82) is 0 Å². The molecule has 57 heavy (non-hydrogen) atoms. The number of carbonyl (C=O) groups excluding carboxylic acids is 5. The highest BCUT2D eigenvalue weighted by Gasteiger charge is 2.42. The predicted molar refractivity (Wildman–Crippen MR) is 219 cm³/mol. The summed E-state index contributed by atoms with van der Waals surface area (Å²) in [6.45, 7) is 9.24. The standard InChI is InChI=1S/C43H65N7O7/c1-30(2)25-36(49-41(54)37(27-33-15-9-6-10-16-33)48-39(52)34(44)26-32-13-7-5-8-14-32)40(53)47-35(17-11-12-20-45-21-24-57-31(3)56-4)42(55)50-22-18-43(19-23-50)28-38(51)46-29-43/h5-10,13-16,30-31,34-37,45H,11-12,17-29,44H2,1-4H3,(H,46,51)(H,47,53)(H,48,52)(H,49,54). The summed E-state index contributed by atoms with van der Waals surface area (Å²) in [4.78, 5) is 69.6. The number of hydrogen-bond donors (Lipinski definition) is 6. The first kappa shape index (κ1) is 45.3. The van der Waals surface area contributed by atoms with Crippen LogP contribution >= 0.6 is 0 Å².